The molecule has 12 heavy (non-hydrogen) atoms. The minimum atomic E-state index is -1.31. The molecule has 0 unspecified atom stereocenters. The third kappa shape index (κ3) is 1.26. The first-order chi connectivity index (χ1) is 5.52. The number of furan rings is 1. The molecule has 6 nitrogen and oxygen atoms in total. The van der Waals surface area contributed by atoms with Crippen LogP contribution in [0.25, 0.3) is 0 Å². The Morgan fingerprint density at radius 2 is 2.33 bits per heavy atom. The zero-order valence-corrected chi connectivity index (χ0v) is 6.10. The van der Waals surface area contributed by atoms with Crippen molar-refractivity contribution < 1.29 is 19.2 Å². The number of carboxylic acid groups (broad SMARTS) is 1. The van der Waals surface area contributed by atoms with Gasteiger partial charge in [0.05, 0.1) is 5.56 Å². The summed E-state index contributed by atoms with van der Waals surface area (Å²) in [7, 11) is 0. The summed E-state index contributed by atoms with van der Waals surface area (Å²) in [5, 5.41) is 18.6. The SMILES string of the molecule is Cc1cc(C(=O)O)oc1[N+](=O)[O-]. The Balaban J connectivity index is 3.17. The van der Waals surface area contributed by atoms with E-state index in [1.807, 2.05) is 0 Å². The fourth-order valence-corrected chi connectivity index (χ4v) is 0.759. The maximum atomic E-state index is 10.3. The van der Waals surface area contributed by atoms with Crippen LogP contribution in [0.2, 0.25) is 0 Å². The second-order valence-electron chi connectivity index (χ2n) is 2.16. The monoisotopic (exact) mass is 171 g/mol. The summed E-state index contributed by atoms with van der Waals surface area (Å²) in [5.74, 6) is -2.25. The third-order valence-corrected chi connectivity index (χ3v) is 1.27. The molecular formula is C6H5NO5. The van der Waals surface area contributed by atoms with Crippen LogP contribution in [-0.4, -0.2) is 16.0 Å². The van der Waals surface area contributed by atoms with Gasteiger partial charge in [0.2, 0.25) is 5.76 Å². The Hall–Kier alpha value is -1.85. The number of aromatic carboxylic acids is 1. The van der Waals surface area contributed by atoms with E-state index in [1.54, 1.807) is 0 Å². The van der Waals surface area contributed by atoms with Crippen molar-refractivity contribution >= 4 is 11.9 Å². The lowest BCUT2D eigenvalue weighted by atomic mass is 10.3. The first-order valence-electron chi connectivity index (χ1n) is 3.00. The molecule has 0 saturated carbocycles. The average molecular weight is 171 g/mol. The van der Waals surface area contributed by atoms with E-state index in [0.717, 1.165) is 6.07 Å². The van der Waals surface area contributed by atoms with Crippen LogP contribution in [0, 0.1) is 17.0 Å². The zero-order valence-electron chi connectivity index (χ0n) is 6.10. The first kappa shape index (κ1) is 8.25. The summed E-state index contributed by atoms with van der Waals surface area (Å²) in [6.07, 6.45) is 0. The highest BCUT2D eigenvalue weighted by Crippen LogP contribution is 2.21. The highest BCUT2D eigenvalue weighted by Gasteiger charge is 2.21. The predicted octanol–water partition coefficient (Wildman–Crippen LogP) is 1.19. The zero-order chi connectivity index (χ0) is 9.30. The molecule has 0 radical (unpaired) electrons. The van der Waals surface area contributed by atoms with E-state index >= 15 is 0 Å². The summed E-state index contributed by atoms with van der Waals surface area (Å²) in [5.41, 5.74) is 0.206. The van der Waals surface area contributed by atoms with Gasteiger partial charge >= 0.3 is 11.9 Å². The molecular weight excluding hydrogens is 166 g/mol. The number of nitro groups is 1. The molecule has 1 aromatic heterocycles. The minimum Gasteiger partial charge on any atom is -0.475 e. The molecule has 1 heterocycles. The van der Waals surface area contributed by atoms with Crippen LogP contribution >= 0.6 is 0 Å². The third-order valence-electron chi connectivity index (χ3n) is 1.27. The van der Waals surface area contributed by atoms with Gasteiger partial charge < -0.3 is 9.52 Å². The van der Waals surface area contributed by atoms with Crippen LogP contribution in [0.1, 0.15) is 16.1 Å². The van der Waals surface area contributed by atoms with Gasteiger partial charge in [0.15, 0.2) is 0 Å². The topological polar surface area (TPSA) is 93.6 Å². The number of carboxylic acids is 1. The van der Waals surface area contributed by atoms with Crippen molar-refractivity contribution in [2.24, 2.45) is 0 Å². The van der Waals surface area contributed by atoms with Gasteiger partial charge in [0.1, 0.15) is 4.92 Å². The number of hydrogen-bond donors (Lipinski definition) is 1. The second kappa shape index (κ2) is 2.65. The number of nitrogens with zero attached hydrogens (tertiary/aromatic N) is 1. The van der Waals surface area contributed by atoms with Crippen molar-refractivity contribution in [3.05, 3.63) is 27.5 Å². The Bertz CT molecular complexity index is 340. The van der Waals surface area contributed by atoms with Gasteiger partial charge in [-0.15, -0.1) is 0 Å². The Kier molecular flexibility index (Phi) is 1.82. The molecule has 1 aromatic rings. The van der Waals surface area contributed by atoms with Crippen molar-refractivity contribution in [2.75, 3.05) is 0 Å². The molecule has 0 spiro atoms. The number of aryl methyl sites for hydroxylation is 1. The summed E-state index contributed by atoms with van der Waals surface area (Å²) >= 11 is 0. The van der Waals surface area contributed by atoms with E-state index in [9.17, 15) is 14.9 Å². The van der Waals surface area contributed by atoms with E-state index in [0.29, 0.717) is 0 Å². The Morgan fingerprint density at radius 3 is 2.58 bits per heavy atom. The normalized spacial score (nSPS) is 9.75. The Labute approximate surface area is 66.6 Å². The molecule has 0 amide bonds. The summed E-state index contributed by atoms with van der Waals surface area (Å²) < 4.78 is 4.44. The van der Waals surface area contributed by atoms with Crippen molar-refractivity contribution in [3.8, 4) is 0 Å². The second-order valence-corrected chi connectivity index (χ2v) is 2.16. The van der Waals surface area contributed by atoms with Crippen LogP contribution in [0.15, 0.2) is 10.5 Å². The molecule has 0 aromatic carbocycles. The van der Waals surface area contributed by atoms with Gasteiger partial charge in [-0.3, -0.25) is 10.1 Å². The van der Waals surface area contributed by atoms with E-state index in [4.69, 9.17) is 5.11 Å². The fourth-order valence-electron chi connectivity index (χ4n) is 0.759. The van der Waals surface area contributed by atoms with E-state index in [2.05, 4.69) is 4.42 Å². The van der Waals surface area contributed by atoms with Crippen LogP contribution < -0.4 is 0 Å². The van der Waals surface area contributed by atoms with Crippen LogP contribution in [0.4, 0.5) is 5.88 Å². The molecule has 0 atom stereocenters. The largest absolute Gasteiger partial charge is 0.475 e. The molecule has 0 aliphatic heterocycles. The van der Waals surface area contributed by atoms with E-state index < -0.39 is 22.5 Å². The summed E-state index contributed by atoms with van der Waals surface area (Å²) in [4.78, 5) is 19.7. The van der Waals surface area contributed by atoms with Crippen molar-refractivity contribution in [1.29, 1.82) is 0 Å². The van der Waals surface area contributed by atoms with Crippen LogP contribution in [0.3, 0.4) is 0 Å². The molecule has 6 heteroatoms. The molecule has 64 valence electrons. The highest BCUT2D eigenvalue weighted by atomic mass is 16.6. The minimum absolute atomic E-state index is 0.206. The highest BCUT2D eigenvalue weighted by molar-refractivity contribution is 5.85. The van der Waals surface area contributed by atoms with Gasteiger partial charge in [0, 0.05) is 6.07 Å². The van der Waals surface area contributed by atoms with Crippen molar-refractivity contribution in [3.63, 3.8) is 0 Å². The van der Waals surface area contributed by atoms with Gasteiger partial charge in [-0.25, -0.2) is 4.79 Å². The number of hydrogen-bond acceptors (Lipinski definition) is 4. The van der Waals surface area contributed by atoms with Gasteiger partial charge in [-0.1, -0.05) is 0 Å². The average Bonchev–Trinajstić information content (AvgIpc) is 2.30. The summed E-state index contributed by atoms with van der Waals surface area (Å²) in [6, 6.07) is 1.11. The summed E-state index contributed by atoms with van der Waals surface area (Å²) in [6.45, 7) is 1.41. The molecule has 1 rings (SSSR count). The van der Waals surface area contributed by atoms with E-state index in [1.165, 1.54) is 6.92 Å². The quantitative estimate of drug-likeness (QED) is 0.532. The predicted molar refractivity (Wildman–Crippen MR) is 37.1 cm³/mol. The lowest BCUT2D eigenvalue weighted by molar-refractivity contribution is -0.402. The van der Waals surface area contributed by atoms with Gasteiger partial charge in [-0.2, -0.15) is 0 Å². The standard InChI is InChI=1S/C6H5NO5/c1-3-2-4(6(8)9)12-5(3)7(10)11/h2H,1H3,(H,8,9). The molecule has 1 N–H and O–H groups in total. The van der Waals surface area contributed by atoms with E-state index in [-0.39, 0.29) is 5.56 Å². The van der Waals surface area contributed by atoms with Crippen molar-refractivity contribution in [1.82, 2.24) is 0 Å². The van der Waals surface area contributed by atoms with Crippen LogP contribution in [0.5, 0.6) is 0 Å². The molecule has 0 saturated heterocycles. The first-order valence-corrected chi connectivity index (χ1v) is 3.00. The number of carbonyl (C=O) groups is 1. The van der Waals surface area contributed by atoms with Gasteiger partial charge in [-0.05, 0) is 6.92 Å². The lowest BCUT2D eigenvalue weighted by Gasteiger charge is -1.83. The smallest absolute Gasteiger partial charge is 0.436 e. The maximum absolute atomic E-state index is 10.3. The van der Waals surface area contributed by atoms with Gasteiger partial charge in [0.25, 0.3) is 0 Å². The molecule has 0 aliphatic carbocycles. The molecule has 0 aliphatic rings. The van der Waals surface area contributed by atoms with Crippen molar-refractivity contribution in [2.45, 2.75) is 6.92 Å². The maximum Gasteiger partial charge on any atom is 0.436 e. The fraction of sp³-hybridized carbons (Fsp3) is 0.167. The molecule has 0 bridgehead atoms. The lowest BCUT2D eigenvalue weighted by Crippen LogP contribution is -1.92. The molecule has 0 fully saturated rings. The van der Waals surface area contributed by atoms with Crippen LogP contribution in [-0.2, 0) is 0 Å². The Morgan fingerprint density at radius 1 is 1.75 bits per heavy atom. The number of rotatable bonds is 2.